The summed E-state index contributed by atoms with van der Waals surface area (Å²) in [6.07, 6.45) is 1.99. The molecule has 0 fully saturated rings. The maximum Gasteiger partial charge on any atom is 0.219 e. The van der Waals surface area contributed by atoms with Gasteiger partial charge in [-0.25, -0.2) is 0 Å². The number of aliphatic hydroxyl groups is 2. The van der Waals surface area contributed by atoms with Crippen molar-refractivity contribution in [3.8, 4) is 0 Å². The molecular formula is C9H22NO3Si. The molecule has 0 heterocycles. The molecule has 0 aliphatic heterocycles. The summed E-state index contributed by atoms with van der Waals surface area (Å²) in [4.78, 5) is 12.9. The molecule has 1 atom stereocenters. The summed E-state index contributed by atoms with van der Waals surface area (Å²) in [7, 11) is -1.63. The topological polar surface area (TPSA) is 63.6 Å². The first-order chi connectivity index (χ1) is 6.70. The lowest BCUT2D eigenvalue weighted by Crippen LogP contribution is -2.30. The Hall–Kier alpha value is 0.0569. The van der Waals surface area contributed by atoms with Crippen LogP contribution in [0.25, 0.3) is 0 Å². The fourth-order valence-electron chi connectivity index (χ4n) is 1.39. The number of aliphatic hydroxyl groups excluding tert-OH is 2. The van der Waals surface area contributed by atoms with Crippen molar-refractivity contribution in [2.75, 3.05) is 32.8 Å². The van der Waals surface area contributed by atoms with Gasteiger partial charge in [0.05, 0.1) is 13.2 Å². The van der Waals surface area contributed by atoms with Crippen LogP contribution in [0.15, 0.2) is 0 Å². The van der Waals surface area contributed by atoms with E-state index in [9.17, 15) is 4.80 Å². The normalized spacial score (nSPS) is 13.5. The van der Waals surface area contributed by atoms with Gasteiger partial charge >= 0.3 is 0 Å². The molecule has 4 nitrogen and oxygen atoms in total. The predicted octanol–water partition coefficient (Wildman–Crippen LogP) is -0.163. The highest BCUT2D eigenvalue weighted by Crippen LogP contribution is 2.01. The van der Waals surface area contributed by atoms with Crippen molar-refractivity contribution in [1.29, 1.82) is 0 Å². The van der Waals surface area contributed by atoms with Gasteiger partial charge in [-0.2, -0.15) is 0 Å². The van der Waals surface area contributed by atoms with Crippen LogP contribution < -0.4 is 0 Å². The Morgan fingerprint density at radius 3 is 2.07 bits per heavy atom. The summed E-state index contributed by atoms with van der Waals surface area (Å²) in [5, 5.41) is 17.5. The molecule has 0 saturated carbocycles. The van der Waals surface area contributed by atoms with Crippen LogP contribution in [-0.4, -0.2) is 57.0 Å². The molecule has 5 heteroatoms. The van der Waals surface area contributed by atoms with Gasteiger partial charge in [0, 0.05) is 13.1 Å². The number of nitrogens with zero attached hydrogens (tertiary/aromatic N) is 1. The molecule has 0 bridgehead atoms. The van der Waals surface area contributed by atoms with Crippen LogP contribution in [0.5, 0.6) is 0 Å². The van der Waals surface area contributed by atoms with Crippen molar-refractivity contribution in [2.45, 2.75) is 25.4 Å². The Bertz CT molecular complexity index is 119. The fourth-order valence-corrected chi connectivity index (χ4v) is 2.25. The molecule has 0 aromatic carbocycles. The summed E-state index contributed by atoms with van der Waals surface area (Å²) < 4.78 is 0. The Labute approximate surface area is 87.9 Å². The average molecular weight is 220 g/mol. The Morgan fingerprint density at radius 1 is 1.07 bits per heavy atom. The maximum atomic E-state index is 10.9. The molecule has 0 saturated heterocycles. The second-order valence-electron chi connectivity index (χ2n) is 3.60. The van der Waals surface area contributed by atoms with Crippen molar-refractivity contribution < 1.29 is 15.0 Å². The van der Waals surface area contributed by atoms with Crippen LogP contribution in [0.1, 0.15) is 12.8 Å². The zero-order valence-corrected chi connectivity index (χ0v) is 10.1. The first-order valence-corrected chi connectivity index (χ1v) is 7.75. The third-order valence-corrected chi connectivity index (χ3v) is 3.39. The number of hydrogen-bond acceptors (Lipinski definition) is 3. The van der Waals surface area contributed by atoms with E-state index in [1.165, 1.54) is 0 Å². The number of rotatable bonds is 9. The largest absolute Gasteiger partial charge is 0.395 e. The summed E-state index contributed by atoms with van der Waals surface area (Å²) in [6, 6.07) is 0.853. The Morgan fingerprint density at radius 2 is 1.64 bits per heavy atom. The first-order valence-electron chi connectivity index (χ1n) is 5.30. The van der Waals surface area contributed by atoms with Gasteiger partial charge in [-0.15, -0.1) is 0 Å². The third kappa shape index (κ3) is 8.65. The van der Waals surface area contributed by atoms with E-state index in [-0.39, 0.29) is 13.2 Å². The minimum atomic E-state index is -1.63. The Balaban J connectivity index is 3.40. The van der Waals surface area contributed by atoms with Crippen LogP contribution >= 0.6 is 0 Å². The van der Waals surface area contributed by atoms with E-state index in [2.05, 4.69) is 0 Å². The molecule has 1 radical (unpaired) electrons. The quantitative estimate of drug-likeness (QED) is 0.419. The second kappa shape index (κ2) is 9.61. The van der Waals surface area contributed by atoms with Crippen molar-refractivity contribution in [3.05, 3.63) is 0 Å². The van der Waals surface area contributed by atoms with Crippen LogP contribution in [0.2, 0.25) is 12.6 Å². The van der Waals surface area contributed by atoms with Crippen LogP contribution in [0.3, 0.4) is 0 Å². The molecule has 0 aliphatic rings. The van der Waals surface area contributed by atoms with Gasteiger partial charge in [-0.3, -0.25) is 4.90 Å². The fraction of sp³-hybridized carbons (Fsp3) is 1.00. The first kappa shape index (κ1) is 14.1. The molecule has 14 heavy (non-hydrogen) atoms. The van der Waals surface area contributed by atoms with Gasteiger partial charge in [0.25, 0.3) is 0 Å². The van der Waals surface area contributed by atoms with Gasteiger partial charge in [0.1, 0.15) is 0 Å². The Kier molecular flexibility index (Phi) is 9.64. The molecule has 2 N–H and O–H groups in total. The van der Waals surface area contributed by atoms with Gasteiger partial charge in [0.2, 0.25) is 9.04 Å². The number of hydrogen-bond donors (Lipinski definition) is 2. The molecule has 0 aromatic heterocycles. The highest BCUT2D eigenvalue weighted by Gasteiger charge is 2.04. The molecule has 0 aliphatic carbocycles. The third-order valence-electron chi connectivity index (χ3n) is 2.17. The molecule has 85 valence electrons. The van der Waals surface area contributed by atoms with E-state index < -0.39 is 9.04 Å². The van der Waals surface area contributed by atoms with E-state index in [1.807, 2.05) is 11.4 Å². The van der Waals surface area contributed by atoms with E-state index in [1.54, 1.807) is 0 Å². The summed E-state index contributed by atoms with van der Waals surface area (Å²) in [6.45, 7) is 4.19. The van der Waals surface area contributed by atoms with Gasteiger partial charge < -0.3 is 15.0 Å². The van der Waals surface area contributed by atoms with Crippen molar-refractivity contribution in [2.24, 2.45) is 0 Å². The average Bonchev–Trinajstić information content (AvgIpc) is 2.12. The van der Waals surface area contributed by atoms with Crippen LogP contribution in [0.4, 0.5) is 0 Å². The highest BCUT2D eigenvalue weighted by atomic mass is 28.3. The molecule has 0 rings (SSSR count). The molecule has 0 aromatic rings. The smallest absolute Gasteiger partial charge is 0.219 e. The lowest BCUT2D eigenvalue weighted by Gasteiger charge is -2.19. The van der Waals surface area contributed by atoms with Crippen LogP contribution in [0, 0.1) is 0 Å². The maximum absolute atomic E-state index is 10.9. The van der Waals surface area contributed by atoms with E-state index in [0.717, 1.165) is 25.4 Å². The molecular weight excluding hydrogens is 198 g/mol. The van der Waals surface area contributed by atoms with Gasteiger partial charge in [-0.1, -0.05) is 6.42 Å². The van der Waals surface area contributed by atoms with Gasteiger partial charge in [-0.05, 0) is 25.6 Å². The minimum absolute atomic E-state index is 0.132. The van der Waals surface area contributed by atoms with Crippen molar-refractivity contribution >= 4 is 9.04 Å². The monoisotopic (exact) mass is 220 g/mol. The zero-order valence-electron chi connectivity index (χ0n) is 8.98. The summed E-state index contributed by atoms with van der Waals surface area (Å²) >= 11 is 0. The van der Waals surface area contributed by atoms with E-state index in [4.69, 9.17) is 10.2 Å². The second-order valence-corrected chi connectivity index (χ2v) is 5.79. The van der Waals surface area contributed by atoms with Gasteiger partial charge in [0.15, 0.2) is 0 Å². The lowest BCUT2D eigenvalue weighted by atomic mass is 10.3. The summed E-state index contributed by atoms with van der Waals surface area (Å²) in [5.41, 5.74) is 0. The molecule has 1 unspecified atom stereocenters. The highest BCUT2D eigenvalue weighted by molar-refractivity contribution is 6.48. The molecule has 0 amide bonds. The standard InChI is InChI=1S/C9H22NO3Si/c1-14(13)9-3-2-4-10(5-7-11)6-8-12/h11-12,14H,2-9H2,1H3. The van der Waals surface area contributed by atoms with Crippen molar-refractivity contribution in [1.82, 2.24) is 4.90 Å². The van der Waals surface area contributed by atoms with Crippen molar-refractivity contribution in [3.63, 3.8) is 0 Å². The molecule has 0 spiro atoms. The number of unbranched alkanes of at least 4 members (excludes halogenated alkanes) is 1. The zero-order chi connectivity index (χ0) is 10.8. The minimum Gasteiger partial charge on any atom is -0.395 e. The van der Waals surface area contributed by atoms with Crippen LogP contribution in [-0.2, 0) is 4.80 Å². The lowest BCUT2D eigenvalue weighted by molar-refractivity contribution is 0.159. The summed E-state index contributed by atoms with van der Waals surface area (Å²) in [5.74, 6) is 0. The SMILES string of the molecule is C[SiH]([O])CCCCN(CCO)CCO. The predicted molar refractivity (Wildman–Crippen MR) is 58.4 cm³/mol. The van der Waals surface area contributed by atoms with E-state index in [0.29, 0.717) is 13.1 Å². The van der Waals surface area contributed by atoms with E-state index >= 15 is 0 Å².